The van der Waals surface area contributed by atoms with Crippen molar-refractivity contribution < 1.29 is 9.53 Å². The van der Waals surface area contributed by atoms with Crippen LogP contribution < -0.4 is 0 Å². The van der Waals surface area contributed by atoms with E-state index in [-0.39, 0.29) is 5.97 Å². The summed E-state index contributed by atoms with van der Waals surface area (Å²) >= 11 is 0. The fourth-order valence-electron chi connectivity index (χ4n) is 3.78. The van der Waals surface area contributed by atoms with Crippen molar-refractivity contribution in [1.29, 1.82) is 0 Å². The molecule has 2 aliphatic carbocycles. The van der Waals surface area contributed by atoms with Gasteiger partial charge in [-0.15, -0.1) is 0 Å². The predicted molar refractivity (Wildman–Crippen MR) is 77.1 cm³/mol. The Balaban J connectivity index is 1.88. The van der Waals surface area contributed by atoms with Gasteiger partial charge in [0.15, 0.2) is 0 Å². The van der Waals surface area contributed by atoms with E-state index in [9.17, 15) is 4.79 Å². The van der Waals surface area contributed by atoms with Gasteiger partial charge in [0.2, 0.25) is 0 Å². The van der Waals surface area contributed by atoms with Gasteiger partial charge in [-0.2, -0.15) is 0 Å². The maximum Gasteiger partial charge on any atom is 0.302 e. The summed E-state index contributed by atoms with van der Waals surface area (Å²) in [5.41, 5.74) is 0. The highest BCUT2D eigenvalue weighted by Crippen LogP contribution is 2.29. The maximum atomic E-state index is 10.9. The molecule has 3 nitrogen and oxygen atoms in total. The van der Waals surface area contributed by atoms with Gasteiger partial charge in [0.05, 0.1) is 0 Å². The van der Waals surface area contributed by atoms with E-state index >= 15 is 0 Å². The van der Waals surface area contributed by atoms with Gasteiger partial charge < -0.3 is 4.74 Å². The number of nitrogens with zero attached hydrogens (tertiary/aromatic N) is 1. The third kappa shape index (κ3) is 4.79. The number of rotatable bonds is 5. The predicted octanol–water partition coefficient (Wildman–Crippen LogP) is 3.52. The lowest BCUT2D eigenvalue weighted by molar-refractivity contribution is -0.141. The van der Waals surface area contributed by atoms with Crippen molar-refractivity contribution in [2.45, 2.75) is 83.2 Å². The average molecular weight is 267 g/mol. The second-order valence-electron chi connectivity index (χ2n) is 6.16. The van der Waals surface area contributed by atoms with Gasteiger partial charge in [0, 0.05) is 25.6 Å². The summed E-state index contributed by atoms with van der Waals surface area (Å²) < 4.78 is 5.17. The number of hydrogen-bond donors (Lipinski definition) is 0. The third-order valence-corrected chi connectivity index (χ3v) is 4.74. The van der Waals surface area contributed by atoms with E-state index in [1.807, 2.05) is 0 Å². The normalized spacial score (nSPS) is 22.6. The largest absolute Gasteiger partial charge is 0.465 e. The molecule has 2 fully saturated rings. The molecule has 19 heavy (non-hydrogen) atoms. The van der Waals surface area contributed by atoms with E-state index in [4.69, 9.17) is 4.74 Å². The van der Waals surface area contributed by atoms with Crippen LogP contribution in [0.4, 0.5) is 0 Å². The van der Waals surface area contributed by atoms with Crippen LogP contribution >= 0.6 is 0 Å². The molecule has 0 aliphatic heterocycles. The quantitative estimate of drug-likeness (QED) is 0.714. The third-order valence-electron chi connectivity index (χ3n) is 4.74. The van der Waals surface area contributed by atoms with Gasteiger partial charge in [0.1, 0.15) is 6.61 Å². The van der Waals surface area contributed by atoms with E-state index in [0.717, 1.165) is 18.6 Å². The molecule has 0 unspecified atom stereocenters. The van der Waals surface area contributed by atoms with Crippen LogP contribution in [0.15, 0.2) is 0 Å². The molecule has 2 saturated carbocycles. The van der Waals surface area contributed by atoms with Crippen LogP contribution in [0, 0.1) is 0 Å². The molecular formula is C16H29NO2. The van der Waals surface area contributed by atoms with Crippen LogP contribution in [0.2, 0.25) is 0 Å². The minimum Gasteiger partial charge on any atom is -0.465 e. The Labute approximate surface area is 117 Å². The van der Waals surface area contributed by atoms with Crippen LogP contribution in [0.3, 0.4) is 0 Å². The highest BCUT2D eigenvalue weighted by Gasteiger charge is 2.28. The van der Waals surface area contributed by atoms with Crippen molar-refractivity contribution in [2.24, 2.45) is 0 Å². The first-order valence-electron chi connectivity index (χ1n) is 8.16. The number of carbonyl (C=O) groups is 1. The highest BCUT2D eigenvalue weighted by molar-refractivity contribution is 5.65. The zero-order valence-corrected chi connectivity index (χ0v) is 12.4. The second-order valence-corrected chi connectivity index (χ2v) is 6.16. The monoisotopic (exact) mass is 267 g/mol. The minimum atomic E-state index is -0.146. The minimum absolute atomic E-state index is 0.146. The number of ether oxygens (including phenoxy) is 1. The molecule has 0 radical (unpaired) electrons. The van der Waals surface area contributed by atoms with Gasteiger partial charge >= 0.3 is 5.97 Å². The average Bonchev–Trinajstić information content (AvgIpc) is 2.45. The van der Waals surface area contributed by atoms with Crippen molar-refractivity contribution in [1.82, 2.24) is 4.90 Å². The number of carbonyl (C=O) groups excluding carboxylic acids is 1. The van der Waals surface area contributed by atoms with E-state index in [0.29, 0.717) is 6.61 Å². The standard InChI is InChI=1S/C16H29NO2/c1-14(18)19-13-12-17(15-8-4-2-5-9-15)16-10-6-3-7-11-16/h15-16H,2-13H2,1H3. The Morgan fingerprint density at radius 1 is 0.947 bits per heavy atom. The smallest absolute Gasteiger partial charge is 0.302 e. The molecule has 3 heteroatoms. The van der Waals surface area contributed by atoms with Gasteiger partial charge in [-0.3, -0.25) is 9.69 Å². The summed E-state index contributed by atoms with van der Waals surface area (Å²) in [5.74, 6) is -0.146. The maximum absolute atomic E-state index is 10.9. The van der Waals surface area contributed by atoms with E-state index in [2.05, 4.69) is 4.90 Å². The molecule has 2 rings (SSSR count). The lowest BCUT2D eigenvalue weighted by Crippen LogP contribution is -2.46. The Kier molecular flexibility index (Phi) is 6.15. The molecule has 0 aromatic heterocycles. The molecule has 110 valence electrons. The molecule has 0 atom stereocenters. The Hall–Kier alpha value is -0.570. The van der Waals surface area contributed by atoms with Crippen LogP contribution in [-0.2, 0) is 9.53 Å². The molecule has 0 saturated heterocycles. The molecule has 0 N–H and O–H groups in total. The summed E-state index contributed by atoms with van der Waals surface area (Å²) in [6, 6.07) is 1.49. The number of esters is 1. The summed E-state index contributed by atoms with van der Waals surface area (Å²) in [7, 11) is 0. The molecule has 0 spiro atoms. The zero-order valence-electron chi connectivity index (χ0n) is 12.4. The molecule has 0 heterocycles. The Morgan fingerprint density at radius 2 is 1.42 bits per heavy atom. The highest BCUT2D eigenvalue weighted by atomic mass is 16.5. The van der Waals surface area contributed by atoms with Crippen LogP contribution in [0.1, 0.15) is 71.1 Å². The zero-order chi connectivity index (χ0) is 13.5. The van der Waals surface area contributed by atoms with Gasteiger partial charge in [0.25, 0.3) is 0 Å². The van der Waals surface area contributed by atoms with Crippen LogP contribution in [0.5, 0.6) is 0 Å². The van der Waals surface area contributed by atoms with Crippen LogP contribution in [0.25, 0.3) is 0 Å². The SMILES string of the molecule is CC(=O)OCCN(C1CCCCC1)C1CCCCC1. The molecule has 0 bridgehead atoms. The Bertz CT molecular complexity index is 250. The molecule has 0 amide bonds. The van der Waals surface area contributed by atoms with Crippen molar-refractivity contribution >= 4 is 5.97 Å². The number of hydrogen-bond acceptors (Lipinski definition) is 3. The topological polar surface area (TPSA) is 29.5 Å². The van der Waals surface area contributed by atoms with Crippen molar-refractivity contribution in [3.8, 4) is 0 Å². The van der Waals surface area contributed by atoms with Gasteiger partial charge in [-0.1, -0.05) is 38.5 Å². The van der Waals surface area contributed by atoms with Crippen molar-refractivity contribution in [3.05, 3.63) is 0 Å². The second kappa shape index (κ2) is 7.88. The first kappa shape index (κ1) is 14.8. The first-order chi connectivity index (χ1) is 9.27. The molecule has 2 aliphatic rings. The van der Waals surface area contributed by atoms with Crippen molar-refractivity contribution in [3.63, 3.8) is 0 Å². The molecular weight excluding hydrogens is 238 g/mol. The Morgan fingerprint density at radius 3 is 1.84 bits per heavy atom. The van der Waals surface area contributed by atoms with E-state index in [1.165, 1.54) is 71.1 Å². The summed E-state index contributed by atoms with van der Waals surface area (Å²) in [6.45, 7) is 3.02. The first-order valence-corrected chi connectivity index (χ1v) is 8.16. The van der Waals surface area contributed by atoms with Gasteiger partial charge in [-0.05, 0) is 25.7 Å². The fraction of sp³-hybridized carbons (Fsp3) is 0.938. The van der Waals surface area contributed by atoms with E-state index in [1.54, 1.807) is 0 Å². The summed E-state index contributed by atoms with van der Waals surface area (Å²) in [4.78, 5) is 13.6. The van der Waals surface area contributed by atoms with Gasteiger partial charge in [-0.25, -0.2) is 0 Å². The van der Waals surface area contributed by atoms with Crippen molar-refractivity contribution in [2.75, 3.05) is 13.2 Å². The lowest BCUT2D eigenvalue weighted by atomic mass is 9.88. The molecule has 0 aromatic carbocycles. The van der Waals surface area contributed by atoms with E-state index < -0.39 is 0 Å². The lowest BCUT2D eigenvalue weighted by Gasteiger charge is -2.41. The fourth-order valence-corrected chi connectivity index (χ4v) is 3.78. The van der Waals surface area contributed by atoms with Crippen LogP contribution in [-0.4, -0.2) is 36.1 Å². The summed E-state index contributed by atoms with van der Waals surface area (Å²) in [5, 5.41) is 0. The summed E-state index contributed by atoms with van der Waals surface area (Å²) in [6.07, 6.45) is 13.7. The molecule has 0 aromatic rings.